The molecule has 3 rings (SSSR count). The van der Waals surface area contributed by atoms with Gasteiger partial charge in [-0.3, -0.25) is 0 Å². The average Bonchev–Trinajstić information content (AvgIpc) is 2.72. The van der Waals surface area contributed by atoms with Crippen molar-refractivity contribution in [2.24, 2.45) is 29.6 Å². The Morgan fingerprint density at radius 2 is 1.92 bits per heavy atom. The highest BCUT2D eigenvalue weighted by Gasteiger charge is 2.53. The van der Waals surface area contributed by atoms with Crippen molar-refractivity contribution in [3.05, 3.63) is 0 Å². The number of hydrogen-bond acceptors (Lipinski definition) is 1. The summed E-state index contributed by atoms with van der Waals surface area (Å²) in [6.07, 6.45) is 8.16. The monoisotopic (exact) mass is 175 g/mol. The number of rotatable bonds is 1. The minimum Gasteiger partial charge on any atom is -0.198 e. The van der Waals surface area contributed by atoms with E-state index in [9.17, 15) is 0 Å². The first kappa shape index (κ1) is 7.85. The van der Waals surface area contributed by atoms with Crippen molar-refractivity contribution in [1.29, 1.82) is 5.26 Å². The molecule has 0 aromatic carbocycles. The molecule has 1 nitrogen and oxygen atoms in total. The molecule has 0 radical (unpaired) electrons. The van der Waals surface area contributed by atoms with Crippen molar-refractivity contribution < 1.29 is 0 Å². The van der Waals surface area contributed by atoms with Crippen LogP contribution in [0.15, 0.2) is 0 Å². The van der Waals surface area contributed by atoms with Gasteiger partial charge in [0, 0.05) is 6.42 Å². The van der Waals surface area contributed by atoms with Gasteiger partial charge in [-0.15, -0.1) is 0 Å². The first-order valence-corrected chi connectivity index (χ1v) is 5.77. The van der Waals surface area contributed by atoms with Crippen molar-refractivity contribution >= 4 is 0 Å². The molecular weight excluding hydrogens is 158 g/mol. The second-order valence-corrected chi connectivity index (χ2v) is 5.28. The third kappa shape index (κ3) is 0.980. The highest BCUT2D eigenvalue weighted by atomic mass is 14.6. The van der Waals surface area contributed by atoms with Gasteiger partial charge < -0.3 is 0 Å². The van der Waals surface area contributed by atoms with Crippen molar-refractivity contribution in [2.75, 3.05) is 0 Å². The molecule has 0 amide bonds. The number of fused-ring (bicyclic) bond motifs is 5. The van der Waals surface area contributed by atoms with Gasteiger partial charge in [0.25, 0.3) is 0 Å². The van der Waals surface area contributed by atoms with Gasteiger partial charge in [0.05, 0.1) is 6.07 Å². The van der Waals surface area contributed by atoms with E-state index in [2.05, 4.69) is 6.07 Å². The molecule has 0 unspecified atom stereocenters. The SMILES string of the molecule is N#CC[C@@H]1C[C@H]2C[C@H]1[C@H]1CCC[C@H]21. The molecule has 2 bridgehead atoms. The predicted molar refractivity (Wildman–Crippen MR) is 50.8 cm³/mol. The summed E-state index contributed by atoms with van der Waals surface area (Å²) in [5.74, 6) is 4.89. The Hall–Kier alpha value is -0.510. The van der Waals surface area contributed by atoms with Crippen LogP contribution < -0.4 is 0 Å². The Balaban J connectivity index is 1.79. The fraction of sp³-hybridized carbons (Fsp3) is 0.917. The van der Waals surface area contributed by atoms with Crippen LogP contribution in [0.3, 0.4) is 0 Å². The Morgan fingerprint density at radius 3 is 2.77 bits per heavy atom. The summed E-state index contributed by atoms with van der Waals surface area (Å²) in [6.45, 7) is 0. The van der Waals surface area contributed by atoms with Gasteiger partial charge >= 0.3 is 0 Å². The van der Waals surface area contributed by atoms with E-state index in [1.54, 1.807) is 0 Å². The molecule has 1 heteroatoms. The third-order valence-electron chi connectivity index (χ3n) is 4.92. The van der Waals surface area contributed by atoms with E-state index in [4.69, 9.17) is 5.26 Å². The van der Waals surface area contributed by atoms with Crippen LogP contribution in [0.25, 0.3) is 0 Å². The molecule has 0 aromatic rings. The van der Waals surface area contributed by atoms with E-state index in [0.717, 1.165) is 36.0 Å². The van der Waals surface area contributed by atoms with Crippen LogP contribution in [-0.4, -0.2) is 0 Å². The average molecular weight is 175 g/mol. The summed E-state index contributed by atoms with van der Waals surface area (Å²) in [5.41, 5.74) is 0. The lowest BCUT2D eigenvalue weighted by molar-refractivity contribution is 0.192. The molecule has 70 valence electrons. The predicted octanol–water partition coefficient (Wildman–Crippen LogP) is 2.97. The van der Waals surface area contributed by atoms with Crippen molar-refractivity contribution in [2.45, 2.75) is 38.5 Å². The molecule has 3 aliphatic carbocycles. The van der Waals surface area contributed by atoms with E-state index in [-0.39, 0.29) is 0 Å². The number of nitrogens with zero attached hydrogens (tertiary/aromatic N) is 1. The zero-order chi connectivity index (χ0) is 8.84. The minimum absolute atomic E-state index is 0.786. The fourth-order valence-corrected chi connectivity index (χ4v) is 4.56. The van der Waals surface area contributed by atoms with Crippen molar-refractivity contribution in [1.82, 2.24) is 0 Å². The topological polar surface area (TPSA) is 23.8 Å². The van der Waals surface area contributed by atoms with Gasteiger partial charge in [-0.1, -0.05) is 6.42 Å². The maximum atomic E-state index is 8.75. The van der Waals surface area contributed by atoms with Crippen LogP contribution in [0, 0.1) is 40.9 Å². The summed E-state index contributed by atoms with van der Waals surface area (Å²) in [6, 6.07) is 2.37. The van der Waals surface area contributed by atoms with Crippen LogP contribution in [0.1, 0.15) is 38.5 Å². The molecule has 0 heterocycles. The van der Waals surface area contributed by atoms with E-state index in [1.807, 2.05) is 0 Å². The number of hydrogen-bond donors (Lipinski definition) is 0. The van der Waals surface area contributed by atoms with E-state index < -0.39 is 0 Å². The summed E-state index contributed by atoms with van der Waals surface area (Å²) < 4.78 is 0. The lowest BCUT2D eigenvalue weighted by atomic mass is 9.75. The smallest absolute Gasteiger partial charge is 0.0624 e. The zero-order valence-corrected chi connectivity index (χ0v) is 8.08. The zero-order valence-electron chi connectivity index (χ0n) is 8.08. The van der Waals surface area contributed by atoms with Crippen molar-refractivity contribution in [3.63, 3.8) is 0 Å². The first-order valence-electron chi connectivity index (χ1n) is 5.77. The minimum atomic E-state index is 0.786. The van der Waals surface area contributed by atoms with Crippen molar-refractivity contribution in [3.8, 4) is 6.07 Å². The second-order valence-electron chi connectivity index (χ2n) is 5.28. The highest BCUT2D eigenvalue weighted by Crippen LogP contribution is 2.61. The summed E-state index contributed by atoms with van der Waals surface area (Å²) in [5, 5.41) is 8.75. The van der Waals surface area contributed by atoms with Crippen LogP contribution in [0.2, 0.25) is 0 Å². The number of nitriles is 1. The van der Waals surface area contributed by atoms with Crippen LogP contribution in [-0.2, 0) is 0 Å². The summed E-state index contributed by atoms with van der Waals surface area (Å²) in [4.78, 5) is 0. The molecule has 0 N–H and O–H groups in total. The molecule has 5 atom stereocenters. The summed E-state index contributed by atoms with van der Waals surface area (Å²) >= 11 is 0. The maximum absolute atomic E-state index is 8.75. The molecule has 0 aliphatic heterocycles. The standard InChI is InChI=1S/C12H17N/c13-5-4-8-6-9-7-12(8)11-3-1-2-10(9)11/h8-12H,1-4,6-7H2/t8-,9+,10-,11+,12-/m1/s1. The molecule has 0 saturated heterocycles. The van der Waals surface area contributed by atoms with Crippen LogP contribution in [0.5, 0.6) is 0 Å². The lowest BCUT2D eigenvalue weighted by Gasteiger charge is -2.30. The molecule has 0 aromatic heterocycles. The first-order chi connectivity index (χ1) is 6.40. The normalized spacial score (nSPS) is 52.1. The Morgan fingerprint density at radius 1 is 1.08 bits per heavy atom. The van der Waals surface area contributed by atoms with E-state index in [1.165, 1.54) is 32.1 Å². The molecule has 3 aliphatic rings. The molecular formula is C12H17N. The van der Waals surface area contributed by atoms with Gasteiger partial charge in [-0.05, 0) is 55.3 Å². The molecule has 0 spiro atoms. The largest absolute Gasteiger partial charge is 0.198 e. The van der Waals surface area contributed by atoms with Crippen LogP contribution in [0.4, 0.5) is 0 Å². The van der Waals surface area contributed by atoms with E-state index >= 15 is 0 Å². The van der Waals surface area contributed by atoms with E-state index in [0.29, 0.717) is 0 Å². The van der Waals surface area contributed by atoms with Gasteiger partial charge in [-0.2, -0.15) is 5.26 Å². The van der Waals surface area contributed by atoms with Crippen LogP contribution >= 0.6 is 0 Å². The third-order valence-corrected chi connectivity index (χ3v) is 4.92. The second kappa shape index (κ2) is 2.74. The van der Waals surface area contributed by atoms with Gasteiger partial charge in [0.2, 0.25) is 0 Å². The van der Waals surface area contributed by atoms with Gasteiger partial charge in [-0.25, -0.2) is 0 Å². The fourth-order valence-electron chi connectivity index (χ4n) is 4.56. The summed E-state index contributed by atoms with van der Waals surface area (Å²) in [7, 11) is 0. The Kier molecular flexibility index (Phi) is 1.65. The highest BCUT2D eigenvalue weighted by molar-refractivity contribution is 5.04. The van der Waals surface area contributed by atoms with Gasteiger partial charge in [0.1, 0.15) is 0 Å². The molecule has 3 saturated carbocycles. The molecule has 13 heavy (non-hydrogen) atoms. The quantitative estimate of drug-likeness (QED) is 0.601. The lowest BCUT2D eigenvalue weighted by Crippen LogP contribution is -2.23. The van der Waals surface area contributed by atoms with Gasteiger partial charge in [0.15, 0.2) is 0 Å². The Labute approximate surface area is 80.1 Å². The Bertz CT molecular complexity index is 252. The maximum Gasteiger partial charge on any atom is 0.0624 e. The molecule has 3 fully saturated rings.